The van der Waals surface area contributed by atoms with Crippen molar-refractivity contribution in [1.82, 2.24) is 14.3 Å². The highest BCUT2D eigenvalue weighted by molar-refractivity contribution is 7.98. The Morgan fingerprint density at radius 3 is 2.88 bits per heavy atom. The van der Waals surface area contributed by atoms with Gasteiger partial charge in [-0.3, -0.25) is 9.59 Å². The van der Waals surface area contributed by atoms with Gasteiger partial charge in [0.05, 0.1) is 12.7 Å². The van der Waals surface area contributed by atoms with Crippen molar-refractivity contribution in [3.05, 3.63) is 23.8 Å². The minimum atomic E-state index is -3.72. The second kappa shape index (κ2) is 6.85. The van der Waals surface area contributed by atoms with Crippen LogP contribution in [0.5, 0.6) is 5.75 Å². The van der Waals surface area contributed by atoms with Crippen LogP contribution in [0, 0.1) is 0 Å². The van der Waals surface area contributed by atoms with Gasteiger partial charge in [-0.05, 0) is 37.3 Å². The van der Waals surface area contributed by atoms with E-state index in [0.717, 1.165) is 9.20 Å². The van der Waals surface area contributed by atoms with E-state index in [1.54, 1.807) is 23.9 Å². The summed E-state index contributed by atoms with van der Waals surface area (Å²) in [5.74, 6) is -0.368. The molecule has 0 unspecified atom stereocenters. The Bertz CT molecular complexity index is 811. The SMILES string of the molecule is COc1cc(SC)ccc1C(=O)N[C@H]1CCN2[C@@H](C1)C(=O)NS2(=O)=O. The van der Waals surface area contributed by atoms with E-state index in [1.807, 2.05) is 17.0 Å². The van der Waals surface area contributed by atoms with Gasteiger partial charge in [-0.1, -0.05) is 0 Å². The molecule has 0 aromatic heterocycles. The van der Waals surface area contributed by atoms with Crippen LogP contribution in [0.4, 0.5) is 0 Å². The Hall–Kier alpha value is -1.78. The highest BCUT2D eigenvalue weighted by atomic mass is 32.2. The zero-order valence-corrected chi connectivity index (χ0v) is 15.4. The van der Waals surface area contributed by atoms with Gasteiger partial charge in [0.1, 0.15) is 11.8 Å². The van der Waals surface area contributed by atoms with Crippen LogP contribution in [0.15, 0.2) is 23.1 Å². The van der Waals surface area contributed by atoms with E-state index in [1.165, 1.54) is 7.11 Å². The summed E-state index contributed by atoms with van der Waals surface area (Å²) < 4.78 is 32.0. The van der Waals surface area contributed by atoms with Gasteiger partial charge in [0, 0.05) is 17.5 Å². The lowest BCUT2D eigenvalue weighted by atomic mass is 9.98. The number of ether oxygens (including phenoxy) is 1. The van der Waals surface area contributed by atoms with Crippen molar-refractivity contribution in [3.63, 3.8) is 0 Å². The molecule has 10 heteroatoms. The molecule has 2 N–H and O–H groups in total. The summed E-state index contributed by atoms with van der Waals surface area (Å²) in [7, 11) is -2.22. The van der Waals surface area contributed by atoms with Gasteiger partial charge in [0.25, 0.3) is 11.8 Å². The highest BCUT2D eigenvalue weighted by Crippen LogP contribution is 2.27. The monoisotopic (exact) mass is 385 g/mol. The number of piperidine rings is 1. The summed E-state index contributed by atoms with van der Waals surface area (Å²) in [4.78, 5) is 25.4. The Morgan fingerprint density at radius 2 is 2.20 bits per heavy atom. The Labute approximate surface area is 150 Å². The number of carbonyl (C=O) groups is 2. The molecule has 2 aliphatic rings. The fraction of sp³-hybridized carbons (Fsp3) is 0.467. The second-order valence-electron chi connectivity index (χ2n) is 5.86. The lowest BCUT2D eigenvalue weighted by Crippen LogP contribution is -2.49. The minimum absolute atomic E-state index is 0.194. The number of nitrogens with zero attached hydrogens (tertiary/aromatic N) is 1. The van der Waals surface area contributed by atoms with Crippen molar-refractivity contribution < 1.29 is 22.7 Å². The van der Waals surface area contributed by atoms with Gasteiger partial charge in [0.2, 0.25) is 0 Å². The van der Waals surface area contributed by atoms with Gasteiger partial charge < -0.3 is 10.1 Å². The first kappa shape index (κ1) is 18.0. The smallest absolute Gasteiger partial charge is 0.304 e. The van der Waals surface area contributed by atoms with E-state index in [9.17, 15) is 18.0 Å². The van der Waals surface area contributed by atoms with Crippen LogP contribution < -0.4 is 14.8 Å². The summed E-state index contributed by atoms with van der Waals surface area (Å²) >= 11 is 1.55. The number of fused-ring (bicyclic) bond motifs is 1. The van der Waals surface area contributed by atoms with Gasteiger partial charge in [-0.25, -0.2) is 4.72 Å². The molecular weight excluding hydrogens is 366 g/mol. The highest BCUT2D eigenvalue weighted by Gasteiger charge is 2.47. The number of benzene rings is 1. The molecule has 2 atom stereocenters. The first-order valence-corrected chi connectivity index (χ1v) is 10.4. The van der Waals surface area contributed by atoms with E-state index in [2.05, 4.69) is 5.32 Å². The predicted octanol–water partition coefficient (Wildman–Crippen LogP) is 0.354. The molecule has 0 spiro atoms. The molecule has 0 saturated carbocycles. The molecule has 2 aliphatic heterocycles. The van der Waals surface area contributed by atoms with Gasteiger partial charge >= 0.3 is 10.2 Å². The summed E-state index contributed by atoms with van der Waals surface area (Å²) in [6, 6.07) is 4.28. The minimum Gasteiger partial charge on any atom is -0.496 e. The van der Waals surface area contributed by atoms with E-state index in [4.69, 9.17) is 4.74 Å². The van der Waals surface area contributed by atoms with Crippen LogP contribution in [-0.2, 0) is 15.0 Å². The molecule has 25 heavy (non-hydrogen) atoms. The third-order valence-corrected chi connectivity index (χ3v) is 6.62. The van der Waals surface area contributed by atoms with Crippen LogP contribution >= 0.6 is 11.8 Å². The Kier molecular flexibility index (Phi) is 4.94. The Morgan fingerprint density at radius 1 is 1.44 bits per heavy atom. The molecule has 3 rings (SSSR count). The first-order valence-electron chi connectivity index (χ1n) is 7.72. The zero-order valence-electron chi connectivity index (χ0n) is 13.8. The van der Waals surface area contributed by atoms with Crippen LogP contribution in [0.3, 0.4) is 0 Å². The molecule has 0 radical (unpaired) electrons. The molecule has 2 amide bonds. The Balaban J connectivity index is 1.72. The second-order valence-corrected chi connectivity index (χ2v) is 8.36. The van der Waals surface area contributed by atoms with Crippen molar-refractivity contribution in [2.24, 2.45) is 0 Å². The number of hydrogen-bond donors (Lipinski definition) is 2. The van der Waals surface area contributed by atoms with Gasteiger partial charge in [0.15, 0.2) is 0 Å². The lowest BCUT2D eigenvalue weighted by Gasteiger charge is -2.31. The number of carbonyl (C=O) groups excluding carboxylic acids is 2. The molecule has 2 heterocycles. The summed E-state index contributed by atoms with van der Waals surface area (Å²) in [6.45, 7) is 0.194. The largest absolute Gasteiger partial charge is 0.496 e. The third kappa shape index (κ3) is 3.46. The molecule has 1 aromatic carbocycles. The first-order chi connectivity index (χ1) is 11.9. The quantitative estimate of drug-likeness (QED) is 0.725. The average molecular weight is 385 g/mol. The van der Waals surface area contributed by atoms with Crippen LogP contribution in [0.25, 0.3) is 0 Å². The molecule has 1 aromatic rings. The number of hydrogen-bond acceptors (Lipinski definition) is 6. The number of rotatable bonds is 4. The maximum atomic E-state index is 12.6. The molecule has 2 fully saturated rings. The maximum absolute atomic E-state index is 12.6. The van der Waals surface area contributed by atoms with Crippen LogP contribution in [-0.4, -0.2) is 56.5 Å². The van der Waals surface area contributed by atoms with E-state index < -0.39 is 22.2 Å². The maximum Gasteiger partial charge on any atom is 0.304 e. The van der Waals surface area contributed by atoms with Gasteiger partial charge in [-0.15, -0.1) is 11.8 Å². The molecule has 8 nitrogen and oxygen atoms in total. The topological polar surface area (TPSA) is 105 Å². The summed E-state index contributed by atoms with van der Waals surface area (Å²) in [5.41, 5.74) is 0.409. The molecule has 2 saturated heterocycles. The van der Waals surface area contributed by atoms with Crippen molar-refractivity contribution in [1.29, 1.82) is 0 Å². The number of amides is 2. The molecular formula is C15H19N3O5S2. The number of methoxy groups -OCH3 is 1. The number of nitrogens with one attached hydrogen (secondary N) is 2. The fourth-order valence-corrected chi connectivity index (χ4v) is 4.90. The summed E-state index contributed by atoms with van der Waals surface area (Å²) in [6.07, 6.45) is 2.63. The molecule has 0 bridgehead atoms. The predicted molar refractivity (Wildman–Crippen MR) is 92.8 cm³/mol. The van der Waals surface area contributed by atoms with E-state index in [0.29, 0.717) is 17.7 Å². The van der Waals surface area contributed by atoms with Crippen molar-refractivity contribution >= 4 is 33.8 Å². The van der Waals surface area contributed by atoms with E-state index in [-0.39, 0.29) is 24.9 Å². The average Bonchev–Trinajstić information content (AvgIpc) is 2.82. The van der Waals surface area contributed by atoms with Gasteiger partial charge in [-0.2, -0.15) is 12.7 Å². The number of thioether (sulfide) groups is 1. The normalized spacial score (nSPS) is 25.1. The van der Waals surface area contributed by atoms with Crippen molar-refractivity contribution in [3.8, 4) is 5.75 Å². The molecule has 0 aliphatic carbocycles. The lowest BCUT2D eigenvalue weighted by molar-refractivity contribution is -0.122. The van der Waals surface area contributed by atoms with Crippen LogP contribution in [0.1, 0.15) is 23.2 Å². The fourth-order valence-electron chi connectivity index (χ4n) is 3.10. The standard InChI is InChI=1S/C15H19N3O5S2/c1-23-13-8-10(24-2)3-4-11(13)14(19)16-9-5-6-18-12(7-9)15(20)17-25(18,21)22/h3-4,8-9,12H,5-7H2,1-2H3,(H,16,19)(H,17,20)/t9-,12-/m0/s1. The van der Waals surface area contributed by atoms with Crippen LogP contribution in [0.2, 0.25) is 0 Å². The summed E-state index contributed by atoms with van der Waals surface area (Å²) in [5, 5.41) is 2.88. The third-order valence-electron chi connectivity index (χ3n) is 4.38. The van der Waals surface area contributed by atoms with E-state index >= 15 is 0 Å². The molecule has 136 valence electrons. The van der Waals surface area contributed by atoms with Crippen molar-refractivity contribution in [2.45, 2.75) is 29.8 Å². The van der Waals surface area contributed by atoms with Crippen molar-refractivity contribution in [2.75, 3.05) is 19.9 Å². The zero-order chi connectivity index (χ0) is 18.2.